The van der Waals surface area contributed by atoms with Crippen LogP contribution in [0.3, 0.4) is 0 Å². The molecule has 0 saturated carbocycles. The highest BCUT2D eigenvalue weighted by Crippen LogP contribution is 2.35. The van der Waals surface area contributed by atoms with Crippen LogP contribution in [0.2, 0.25) is 5.02 Å². The first-order chi connectivity index (χ1) is 13.5. The third-order valence-electron chi connectivity index (χ3n) is 5.03. The van der Waals surface area contributed by atoms with Gasteiger partial charge in [-0.3, -0.25) is 14.5 Å². The quantitative estimate of drug-likeness (QED) is 0.517. The summed E-state index contributed by atoms with van der Waals surface area (Å²) in [4.78, 5) is 26.3. The highest BCUT2D eigenvalue weighted by molar-refractivity contribution is 8.18. The summed E-state index contributed by atoms with van der Waals surface area (Å²) in [5, 5.41) is 1.57. The van der Waals surface area contributed by atoms with Gasteiger partial charge in [-0.25, -0.2) is 0 Å². The molecule has 1 aliphatic rings. The number of amides is 2. The summed E-state index contributed by atoms with van der Waals surface area (Å²) in [6.07, 6.45) is 1.85. The molecule has 1 aliphatic heterocycles. The molecule has 142 valence electrons. The van der Waals surface area contributed by atoms with E-state index in [1.165, 1.54) is 4.90 Å². The van der Waals surface area contributed by atoms with Crippen molar-refractivity contribution >= 4 is 51.5 Å². The Hall–Kier alpha value is -2.50. The van der Waals surface area contributed by atoms with E-state index in [0.29, 0.717) is 18.0 Å². The van der Waals surface area contributed by atoms with Gasteiger partial charge >= 0.3 is 0 Å². The van der Waals surface area contributed by atoms with Crippen molar-refractivity contribution in [3.05, 3.63) is 75.3 Å². The molecule has 0 unspecified atom stereocenters. The van der Waals surface area contributed by atoms with E-state index < -0.39 is 0 Å². The lowest BCUT2D eigenvalue weighted by molar-refractivity contribution is -0.122. The van der Waals surface area contributed by atoms with Crippen LogP contribution in [0.1, 0.15) is 23.7 Å². The lowest BCUT2D eigenvalue weighted by Gasteiger charge is -2.10. The Morgan fingerprint density at radius 2 is 1.79 bits per heavy atom. The number of imide groups is 1. The minimum atomic E-state index is -0.222. The maximum atomic E-state index is 12.5. The van der Waals surface area contributed by atoms with Crippen LogP contribution in [0.15, 0.2) is 53.4 Å². The van der Waals surface area contributed by atoms with Gasteiger partial charge in [0.25, 0.3) is 11.1 Å². The number of fused-ring (bicyclic) bond motifs is 1. The largest absolute Gasteiger partial charge is 0.340 e. The number of likely N-dealkylation sites (N-methyl/N-ethyl adjacent to an activating group) is 1. The number of carbonyl (C=O) groups excluding carboxylic acids is 2. The van der Waals surface area contributed by atoms with E-state index in [1.807, 2.05) is 55.5 Å². The second kappa shape index (κ2) is 7.49. The Labute approximate surface area is 172 Å². The van der Waals surface area contributed by atoms with E-state index in [0.717, 1.165) is 44.5 Å². The van der Waals surface area contributed by atoms with Crippen LogP contribution in [0.5, 0.6) is 0 Å². The van der Waals surface area contributed by atoms with E-state index in [1.54, 1.807) is 6.92 Å². The van der Waals surface area contributed by atoms with E-state index in [-0.39, 0.29) is 11.1 Å². The van der Waals surface area contributed by atoms with Crippen LogP contribution in [0, 0.1) is 6.92 Å². The normalized spacial score (nSPS) is 16.0. The Balaban J connectivity index is 1.84. The van der Waals surface area contributed by atoms with E-state index in [9.17, 15) is 9.59 Å². The van der Waals surface area contributed by atoms with Gasteiger partial charge in [-0.1, -0.05) is 48.0 Å². The zero-order valence-electron chi connectivity index (χ0n) is 15.6. The predicted molar refractivity (Wildman–Crippen MR) is 116 cm³/mol. The lowest BCUT2D eigenvalue weighted by Crippen LogP contribution is -2.27. The summed E-state index contributed by atoms with van der Waals surface area (Å²) in [5.41, 5.74) is 4.10. The van der Waals surface area contributed by atoms with Crippen molar-refractivity contribution in [3.8, 4) is 0 Å². The molecule has 0 atom stereocenters. The molecule has 1 saturated heterocycles. The minimum Gasteiger partial charge on any atom is -0.340 e. The van der Waals surface area contributed by atoms with E-state index >= 15 is 0 Å². The maximum Gasteiger partial charge on any atom is 0.293 e. The van der Waals surface area contributed by atoms with E-state index in [2.05, 4.69) is 10.6 Å². The molecular weight excluding hydrogens is 392 g/mol. The SMILES string of the molecule is CCN1C(=O)SC(=Cc2c(C)n(Cc3ccccc3Cl)c3ccccc23)C1=O. The predicted octanol–water partition coefficient (Wildman–Crippen LogP) is 5.71. The first-order valence-corrected chi connectivity index (χ1v) is 10.3. The van der Waals surface area contributed by atoms with E-state index in [4.69, 9.17) is 11.6 Å². The zero-order chi connectivity index (χ0) is 19.8. The summed E-state index contributed by atoms with van der Waals surface area (Å²) in [7, 11) is 0. The highest BCUT2D eigenvalue weighted by Gasteiger charge is 2.34. The number of hydrogen-bond donors (Lipinski definition) is 0. The number of carbonyl (C=O) groups is 2. The van der Waals surface area contributed by atoms with Crippen molar-refractivity contribution in [1.82, 2.24) is 9.47 Å². The second-order valence-electron chi connectivity index (χ2n) is 6.62. The van der Waals surface area contributed by atoms with Crippen LogP contribution in [-0.2, 0) is 11.3 Å². The topological polar surface area (TPSA) is 42.3 Å². The van der Waals surface area contributed by atoms with Crippen molar-refractivity contribution in [2.45, 2.75) is 20.4 Å². The number of benzene rings is 2. The first-order valence-electron chi connectivity index (χ1n) is 9.08. The Morgan fingerprint density at radius 3 is 2.50 bits per heavy atom. The lowest BCUT2D eigenvalue weighted by atomic mass is 10.1. The highest BCUT2D eigenvalue weighted by atomic mass is 35.5. The van der Waals surface area contributed by atoms with Crippen LogP contribution in [0.25, 0.3) is 17.0 Å². The molecule has 0 radical (unpaired) electrons. The molecule has 2 aromatic carbocycles. The molecule has 1 aromatic heterocycles. The van der Waals surface area contributed by atoms with Crippen molar-refractivity contribution in [2.24, 2.45) is 0 Å². The first kappa shape index (κ1) is 18.8. The standard InChI is InChI=1S/C22H19ClN2O2S/c1-3-24-21(26)20(28-22(24)27)12-17-14(2)25(19-11-7-5-9-16(17)19)13-15-8-4-6-10-18(15)23/h4-12H,3,13H2,1-2H3. The van der Waals surface area contributed by atoms with Crippen molar-refractivity contribution in [3.63, 3.8) is 0 Å². The van der Waals surface area contributed by atoms with Gasteiger partial charge in [0.05, 0.1) is 4.91 Å². The van der Waals surface area contributed by atoms with Gasteiger partial charge in [-0.2, -0.15) is 0 Å². The fourth-order valence-electron chi connectivity index (χ4n) is 3.54. The molecule has 28 heavy (non-hydrogen) atoms. The number of thioether (sulfide) groups is 1. The molecule has 3 aromatic rings. The summed E-state index contributed by atoms with van der Waals surface area (Å²) < 4.78 is 2.20. The molecular formula is C22H19ClN2O2S. The Bertz CT molecular complexity index is 1130. The van der Waals surface area contributed by atoms with Gasteiger partial charge in [0.1, 0.15) is 0 Å². The van der Waals surface area contributed by atoms with Crippen molar-refractivity contribution in [2.75, 3.05) is 6.54 Å². The van der Waals surface area contributed by atoms with Crippen molar-refractivity contribution < 1.29 is 9.59 Å². The molecule has 4 rings (SSSR count). The van der Waals surface area contributed by atoms with Gasteiger partial charge < -0.3 is 4.57 Å². The third-order valence-corrected chi connectivity index (χ3v) is 6.31. The molecule has 1 fully saturated rings. The number of aromatic nitrogens is 1. The maximum absolute atomic E-state index is 12.5. The fourth-order valence-corrected chi connectivity index (χ4v) is 4.62. The van der Waals surface area contributed by atoms with Crippen LogP contribution in [-0.4, -0.2) is 27.2 Å². The molecule has 2 amide bonds. The average molecular weight is 411 g/mol. The van der Waals surface area contributed by atoms with Gasteiger partial charge in [0.2, 0.25) is 0 Å². The number of para-hydroxylation sites is 1. The number of halogens is 1. The average Bonchev–Trinajstić information content (AvgIpc) is 3.11. The third kappa shape index (κ3) is 3.15. The summed E-state index contributed by atoms with van der Waals surface area (Å²) in [6.45, 7) is 4.86. The summed E-state index contributed by atoms with van der Waals surface area (Å²) in [6, 6.07) is 15.9. The number of nitrogens with zero attached hydrogens (tertiary/aromatic N) is 2. The van der Waals surface area contributed by atoms with Crippen LogP contribution < -0.4 is 0 Å². The molecule has 0 spiro atoms. The summed E-state index contributed by atoms with van der Waals surface area (Å²) >= 11 is 7.38. The van der Waals surface area contributed by atoms with Gasteiger partial charge in [-0.05, 0) is 49.4 Å². The zero-order valence-corrected chi connectivity index (χ0v) is 17.2. The molecule has 0 aliphatic carbocycles. The number of rotatable bonds is 4. The smallest absolute Gasteiger partial charge is 0.293 e. The van der Waals surface area contributed by atoms with Crippen LogP contribution >= 0.6 is 23.4 Å². The summed E-state index contributed by atoms with van der Waals surface area (Å²) in [5.74, 6) is -0.222. The molecule has 6 heteroatoms. The van der Waals surface area contributed by atoms with Crippen molar-refractivity contribution in [1.29, 1.82) is 0 Å². The molecule has 0 N–H and O–H groups in total. The number of hydrogen-bond acceptors (Lipinski definition) is 3. The fraction of sp³-hybridized carbons (Fsp3) is 0.182. The molecule has 0 bridgehead atoms. The minimum absolute atomic E-state index is 0.212. The van der Waals surface area contributed by atoms with Gasteiger partial charge in [0, 0.05) is 40.3 Å². The molecule has 4 nitrogen and oxygen atoms in total. The molecule has 2 heterocycles. The van der Waals surface area contributed by atoms with Gasteiger partial charge in [0.15, 0.2) is 0 Å². The van der Waals surface area contributed by atoms with Gasteiger partial charge in [-0.15, -0.1) is 0 Å². The Kier molecular flexibility index (Phi) is 5.04. The van der Waals surface area contributed by atoms with Crippen LogP contribution in [0.4, 0.5) is 4.79 Å². The monoisotopic (exact) mass is 410 g/mol. The Morgan fingerprint density at radius 1 is 1.07 bits per heavy atom. The second-order valence-corrected chi connectivity index (χ2v) is 8.02.